The van der Waals surface area contributed by atoms with Gasteiger partial charge in [0.2, 0.25) is 0 Å². The van der Waals surface area contributed by atoms with E-state index in [0.717, 1.165) is 45.7 Å². The SMILES string of the molecule is Fc1cccnc1O[C@@H]1CN(CC2CCOCC2)Cc2cccn2C1. The summed E-state index contributed by atoms with van der Waals surface area (Å²) >= 11 is 0. The van der Waals surface area contributed by atoms with Crippen molar-refractivity contribution in [3.05, 3.63) is 48.2 Å². The molecule has 0 amide bonds. The number of nitrogens with zero attached hydrogens (tertiary/aromatic N) is 3. The van der Waals surface area contributed by atoms with Gasteiger partial charge in [0.05, 0.1) is 6.54 Å². The third kappa shape index (κ3) is 4.02. The second kappa shape index (κ2) is 7.54. The molecule has 5 nitrogen and oxygen atoms in total. The summed E-state index contributed by atoms with van der Waals surface area (Å²) in [7, 11) is 0. The molecular weight excluding hydrogens is 321 g/mol. The minimum absolute atomic E-state index is 0.0918. The molecule has 2 aliphatic heterocycles. The van der Waals surface area contributed by atoms with Gasteiger partial charge in [0.15, 0.2) is 5.82 Å². The van der Waals surface area contributed by atoms with Crippen LogP contribution in [0.15, 0.2) is 36.7 Å². The highest BCUT2D eigenvalue weighted by atomic mass is 19.1. The molecule has 134 valence electrons. The molecular formula is C19H24FN3O2. The van der Waals surface area contributed by atoms with Crippen LogP contribution in [0.1, 0.15) is 18.5 Å². The Balaban J connectivity index is 1.49. The lowest BCUT2D eigenvalue weighted by Gasteiger charge is -2.30. The topological polar surface area (TPSA) is 39.5 Å². The van der Waals surface area contributed by atoms with E-state index in [0.29, 0.717) is 12.5 Å². The van der Waals surface area contributed by atoms with Gasteiger partial charge in [-0.3, -0.25) is 4.90 Å². The molecule has 1 saturated heterocycles. The number of hydrogen-bond donors (Lipinski definition) is 0. The van der Waals surface area contributed by atoms with Crippen molar-refractivity contribution in [3.63, 3.8) is 0 Å². The fraction of sp³-hybridized carbons (Fsp3) is 0.526. The number of ether oxygens (including phenoxy) is 2. The Morgan fingerprint density at radius 2 is 2.08 bits per heavy atom. The zero-order chi connectivity index (χ0) is 17.1. The van der Waals surface area contributed by atoms with Crippen molar-refractivity contribution in [2.75, 3.05) is 26.3 Å². The average molecular weight is 345 g/mol. The maximum absolute atomic E-state index is 13.9. The maximum atomic E-state index is 13.9. The van der Waals surface area contributed by atoms with Crippen LogP contribution in [0.5, 0.6) is 5.88 Å². The molecule has 0 N–H and O–H groups in total. The second-order valence-electron chi connectivity index (χ2n) is 6.93. The van der Waals surface area contributed by atoms with Crippen molar-refractivity contribution in [2.45, 2.75) is 32.0 Å². The molecule has 4 rings (SSSR count). The van der Waals surface area contributed by atoms with Gasteiger partial charge in [-0.05, 0) is 43.0 Å². The lowest BCUT2D eigenvalue weighted by molar-refractivity contribution is 0.0434. The van der Waals surface area contributed by atoms with Crippen molar-refractivity contribution < 1.29 is 13.9 Å². The number of rotatable bonds is 4. The number of fused-ring (bicyclic) bond motifs is 1. The van der Waals surface area contributed by atoms with E-state index in [1.165, 1.54) is 11.8 Å². The second-order valence-corrected chi connectivity index (χ2v) is 6.93. The normalized spacial score (nSPS) is 22.4. The molecule has 2 aromatic heterocycles. The van der Waals surface area contributed by atoms with E-state index in [2.05, 4.69) is 32.8 Å². The Hall–Kier alpha value is -1.92. The molecule has 4 heterocycles. The van der Waals surface area contributed by atoms with Crippen LogP contribution in [-0.2, 0) is 17.8 Å². The molecule has 0 bridgehead atoms. The van der Waals surface area contributed by atoms with E-state index in [9.17, 15) is 4.39 Å². The third-order valence-electron chi connectivity index (χ3n) is 5.03. The molecule has 25 heavy (non-hydrogen) atoms. The first kappa shape index (κ1) is 16.5. The fourth-order valence-electron chi connectivity index (χ4n) is 3.75. The van der Waals surface area contributed by atoms with E-state index < -0.39 is 5.82 Å². The van der Waals surface area contributed by atoms with Crippen molar-refractivity contribution in [1.29, 1.82) is 0 Å². The summed E-state index contributed by atoms with van der Waals surface area (Å²) < 4.78 is 27.5. The number of aromatic nitrogens is 2. The summed E-state index contributed by atoms with van der Waals surface area (Å²) in [6.45, 7) is 5.12. The van der Waals surface area contributed by atoms with Gasteiger partial charge in [0.1, 0.15) is 6.10 Å². The number of halogens is 1. The van der Waals surface area contributed by atoms with Crippen molar-refractivity contribution >= 4 is 0 Å². The van der Waals surface area contributed by atoms with Crippen LogP contribution in [0, 0.1) is 11.7 Å². The van der Waals surface area contributed by atoms with Gasteiger partial charge in [0, 0.05) is 50.9 Å². The molecule has 1 fully saturated rings. The molecule has 0 aromatic carbocycles. The first-order valence-corrected chi connectivity index (χ1v) is 8.99. The largest absolute Gasteiger partial charge is 0.469 e. The van der Waals surface area contributed by atoms with Gasteiger partial charge in [-0.1, -0.05) is 0 Å². The third-order valence-corrected chi connectivity index (χ3v) is 5.03. The fourth-order valence-corrected chi connectivity index (χ4v) is 3.75. The van der Waals surface area contributed by atoms with E-state index >= 15 is 0 Å². The monoisotopic (exact) mass is 345 g/mol. The summed E-state index contributed by atoms with van der Waals surface area (Å²) in [5.74, 6) is 0.340. The van der Waals surface area contributed by atoms with Crippen LogP contribution in [0.3, 0.4) is 0 Å². The van der Waals surface area contributed by atoms with E-state index in [4.69, 9.17) is 9.47 Å². The molecule has 6 heteroatoms. The molecule has 0 radical (unpaired) electrons. The van der Waals surface area contributed by atoms with E-state index in [1.807, 2.05) is 0 Å². The summed E-state index contributed by atoms with van der Waals surface area (Å²) in [6.07, 6.45) is 5.72. The van der Waals surface area contributed by atoms with Gasteiger partial charge in [-0.2, -0.15) is 0 Å². The predicted molar refractivity (Wildman–Crippen MR) is 91.9 cm³/mol. The van der Waals surface area contributed by atoms with Gasteiger partial charge in [0.25, 0.3) is 5.88 Å². The van der Waals surface area contributed by atoms with E-state index in [-0.39, 0.29) is 12.0 Å². The summed E-state index contributed by atoms with van der Waals surface area (Å²) in [6, 6.07) is 7.18. The van der Waals surface area contributed by atoms with Crippen LogP contribution in [0.25, 0.3) is 0 Å². The highest BCUT2D eigenvalue weighted by molar-refractivity contribution is 5.14. The molecule has 0 spiro atoms. The highest BCUT2D eigenvalue weighted by Crippen LogP contribution is 2.22. The van der Waals surface area contributed by atoms with Crippen LogP contribution in [0.4, 0.5) is 4.39 Å². The summed E-state index contributed by atoms with van der Waals surface area (Å²) in [4.78, 5) is 6.48. The molecule has 2 aliphatic rings. The Kier molecular flexibility index (Phi) is 4.99. The molecule has 0 saturated carbocycles. The van der Waals surface area contributed by atoms with Crippen molar-refractivity contribution in [3.8, 4) is 5.88 Å². The van der Waals surface area contributed by atoms with Crippen LogP contribution >= 0.6 is 0 Å². The maximum Gasteiger partial charge on any atom is 0.250 e. The lowest BCUT2D eigenvalue weighted by atomic mass is 9.99. The Labute approximate surface area is 147 Å². The first-order valence-electron chi connectivity index (χ1n) is 8.99. The van der Waals surface area contributed by atoms with Crippen molar-refractivity contribution in [2.24, 2.45) is 5.92 Å². The Morgan fingerprint density at radius 3 is 2.92 bits per heavy atom. The van der Waals surface area contributed by atoms with Crippen LogP contribution in [-0.4, -0.2) is 46.9 Å². The number of hydrogen-bond acceptors (Lipinski definition) is 4. The number of pyridine rings is 1. The minimum atomic E-state index is -0.407. The Morgan fingerprint density at radius 1 is 1.20 bits per heavy atom. The smallest absolute Gasteiger partial charge is 0.250 e. The molecule has 1 atom stereocenters. The first-order chi connectivity index (χ1) is 12.3. The van der Waals surface area contributed by atoms with Gasteiger partial charge < -0.3 is 14.0 Å². The lowest BCUT2D eigenvalue weighted by Crippen LogP contribution is -2.38. The van der Waals surface area contributed by atoms with Gasteiger partial charge >= 0.3 is 0 Å². The Bertz CT molecular complexity index is 699. The standard InChI is InChI=1S/C19H24FN3O2/c20-18-4-1-7-21-19(18)25-17-13-22(11-15-5-9-24-10-6-15)12-16-3-2-8-23(16)14-17/h1-4,7-8,15,17H,5-6,9-14H2/t17-/m1/s1. The van der Waals surface area contributed by atoms with Crippen molar-refractivity contribution in [1.82, 2.24) is 14.5 Å². The highest BCUT2D eigenvalue weighted by Gasteiger charge is 2.26. The zero-order valence-electron chi connectivity index (χ0n) is 14.3. The van der Waals surface area contributed by atoms with Crippen LogP contribution in [0.2, 0.25) is 0 Å². The minimum Gasteiger partial charge on any atom is -0.469 e. The molecule has 0 unspecified atom stereocenters. The molecule has 2 aromatic rings. The quantitative estimate of drug-likeness (QED) is 0.854. The van der Waals surface area contributed by atoms with E-state index in [1.54, 1.807) is 12.3 Å². The predicted octanol–water partition coefficient (Wildman–Crippen LogP) is 2.71. The van der Waals surface area contributed by atoms with Gasteiger partial charge in [-0.15, -0.1) is 0 Å². The summed E-state index contributed by atoms with van der Waals surface area (Å²) in [5, 5.41) is 0. The summed E-state index contributed by atoms with van der Waals surface area (Å²) in [5.41, 5.74) is 1.28. The zero-order valence-corrected chi connectivity index (χ0v) is 14.3. The van der Waals surface area contributed by atoms with Gasteiger partial charge in [-0.25, -0.2) is 9.37 Å². The average Bonchev–Trinajstić information content (AvgIpc) is 2.98. The van der Waals surface area contributed by atoms with Crippen LogP contribution < -0.4 is 4.74 Å². The molecule has 0 aliphatic carbocycles.